The maximum atomic E-state index is 12.5. The van der Waals surface area contributed by atoms with Crippen molar-refractivity contribution in [1.29, 1.82) is 0 Å². The molecule has 0 radical (unpaired) electrons. The molecule has 86 valence electrons. The lowest BCUT2D eigenvalue weighted by Gasteiger charge is -2.06. The molecule has 0 saturated carbocycles. The van der Waals surface area contributed by atoms with Crippen LogP contribution in [0.4, 0.5) is 10.1 Å². The number of carboxylic acids is 1. The summed E-state index contributed by atoms with van der Waals surface area (Å²) in [6, 6.07) is 1.80. The Morgan fingerprint density at radius 1 is 1.62 bits per heavy atom. The van der Waals surface area contributed by atoms with Crippen molar-refractivity contribution in [1.82, 2.24) is 0 Å². The molecule has 0 aliphatic rings. The fraction of sp³-hybridized carbons (Fsp3) is 0.222. The summed E-state index contributed by atoms with van der Waals surface area (Å²) in [5.74, 6) is -1.49. The van der Waals surface area contributed by atoms with Crippen LogP contribution in [-0.2, 0) is 6.67 Å². The van der Waals surface area contributed by atoms with Crippen LogP contribution in [0, 0.1) is 10.1 Å². The van der Waals surface area contributed by atoms with Crippen LogP contribution in [0.15, 0.2) is 12.1 Å². The molecule has 7 heteroatoms. The summed E-state index contributed by atoms with van der Waals surface area (Å²) >= 11 is 0. The molecule has 0 saturated heterocycles. The maximum absolute atomic E-state index is 12.5. The van der Waals surface area contributed by atoms with Crippen molar-refractivity contribution in [3.63, 3.8) is 0 Å². The van der Waals surface area contributed by atoms with Crippen LogP contribution in [0.1, 0.15) is 15.9 Å². The van der Waals surface area contributed by atoms with Gasteiger partial charge in [0.1, 0.15) is 18.0 Å². The Labute approximate surface area is 89.4 Å². The van der Waals surface area contributed by atoms with E-state index >= 15 is 0 Å². The smallest absolute Gasteiger partial charge is 0.342 e. The Hall–Kier alpha value is -2.18. The van der Waals surface area contributed by atoms with Gasteiger partial charge < -0.3 is 9.84 Å². The van der Waals surface area contributed by atoms with E-state index in [1.807, 2.05) is 0 Å². The number of ether oxygens (including phenoxy) is 1. The highest BCUT2D eigenvalue weighted by Crippen LogP contribution is 2.29. The molecule has 1 N–H and O–H groups in total. The molecule has 0 atom stereocenters. The molecule has 0 fully saturated rings. The molecule has 1 rings (SSSR count). The first-order valence-electron chi connectivity index (χ1n) is 4.15. The number of carbonyl (C=O) groups is 1. The monoisotopic (exact) mass is 229 g/mol. The quantitative estimate of drug-likeness (QED) is 0.627. The Morgan fingerprint density at radius 3 is 2.62 bits per heavy atom. The molecule has 0 bridgehead atoms. The van der Waals surface area contributed by atoms with E-state index in [1.165, 1.54) is 7.11 Å². The van der Waals surface area contributed by atoms with Crippen LogP contribution in [0.3, 0.4) is 0 Å². The van der Waals surface area contributed by atoms with Crippen LogP contribution < -0.4 is 4.74 Å². The molecule has 0 amide bonds. The van der Waals surface area contributed by atoms with E-state index in [0.717, 1.165) is 12.1 Å². The van der Waals surface area contributed by atoms with Gasteiger partial charge in [-0.1, -0.05) is 0 Å². The summed E-state index contributed by atoms with van der Waals surface area (Å²) in [5.41, 5.74) is -1.24. The molecular formula is C9H8FNO5. The van der Waals surface area contributed by atoms with E-state index < -0.39 is 28.8 Å². The molecule has 0 spiro atoms. The van der Waals surface area contributed by atoms with Crippen molar-refractivity contribution in [3.8, 4) is 5.75 Å². The molecule has 1 aromatic rings. The average molecular weight is 229 g/mol. The second-order valence-corrected chi connectivity index (χ2v) is 2.88. The number of aromatic carboxylic acids is 1. The second-order valence-electron chi connectivity index (χ2n) is 2.88. The first-order chi connectivity index (χ1) is 7.51. The van der Waals surface area contributed by atoms with Crippen molar-refractivity contribution < 1.29 is 24.0 Å². The van der Waals surface area contributed by atoms with Gasteiger partial charge in [-0.3, -0.25) is 10.1 Å². The largest absolute Gasteiger partial charge is 0.496 e. The second kappa shape index (κ2) is 4.56. The Bertz CT molecular complexity index is 405. The van der Waals surface area contributed by atoms with Crippen molar-refractivity contribution >= 4 is 11.7 Å². The number of nitro groups is 1. The fourth-order valence-electron chi connectivity index (χ4n) is 1.23. The van der Waals surface area contributed by atoms with Gasteiger partial charge in [0.2, 0.25) is 0 Å². The minimum Gasteiger partial charge on any atom is -0.496 e. The highest BCUT2D eigenvalue weighted by molar-refractivity contribution is 5.93. The standard InChI is InChI=1S/C9H8FNO5/c1-16-8-3-6(9(12)13)7(11(14)15)2-5(8)4-10/h2-3H,4H2,1H3,(H,12,13). The molecule has 1 aromatic carbocycles. The van der Waals surface area contributed by atoms with E-state index in [9.17, 15) is 19.3 Å². The number of rotatable bonds is 4. The summed E-state index contributed by atoms with van der Waals surface area (Å²) in [7, 11) is 1.23. The highest BCUT2D eigenvalue weighted by atomic mass is 19.1. The minimum atomic E-state index is -1.46. The Kier molecular flexibility index (Phi) is 3.39. The molecule has 6 nitrogen and oxygen atoms in total. The Morgan fingerprint density at radius 2 is 2.25 bits per heavy atom. The summed E-state index contributed by atoms with van der Waals surface area (Å²) < 4.78 is 17.2. The zero-order chi connectivity index (χ0) is 12.3. The average Bonchev–Trinajstić information content (AvgIpc) is 2.26. The van der Waals surface area contributed by atoms with E-state index in [1.54, 1.807) is 0 Å². The summed E-state index contributed by atoms with van der Waals surface area (Å²) in [5, 5.41) is 19.3. The number of nitrogens with zero attached hydrogens (tertiary/aromatic N) is 1. The number of carboxylic acid groups (broad SMARTS) is 1. The van der Waals surface area contributed by atoms with Gasteiger partial charge in [0.15, 0.2) is 0 Å². The molecule has 0 aliphatic carbocycles. The van der Waals surface area contributed by atoms with Gasteiger partial charge in [0.25, 0.3) is 5.69 Å². The fourth-order valence-corrected chi connectivity index (χ4v) is 1.23. The van der Waals surface area contributed by atoms with Crippen molar-refractivity contribution in [2.24, 2.45) is 0 Å². The number of hydrogen-bond donors (Lipinski definition) is 1. The lowest BCUT2D eigenvalue weighted by atomic mass is 10.1. The van der Waals surface area contributed by atoms with Crippen LogP contribution >= 0.6 is 0 Å². The van der Waals surface area contributed by atoms with Gasteiger partial charge in [0.05, 0.1) is 12.0 Å². The van der Waals surface area contributed by atoms with Crippen molar-refractivity contribution in [2.45, 2.75) is 6.67 Å². The molecule has 16 heavy (non-hydrogen) atoms. The normalized spacial score (nSPS) is 9.88. The third-order valence-electron chi connectivity index (χ3n) is 1.97. The van der Waals surface area contributed by atoms with Crippen LogP contribution in [-0.4, -0.2) is 23.1 Å². The third kappa shape index (κ3) is 2.08. The SMILES string of the molecule is COc1cc(C(=O)O)c([N+](=O)[O-])cc1CF. The van der Waals surface area contributed by atoms with Crippen LogP contribution in [0.5, 0.6) is 5.75 Å². The number of alkyl halides is 1. The number of methoxy groups -OCH3 is 1. The lowest BCUT2D eigenvalue weighted by molar-refractivity contribution is -0.385. The molecular weight excluding hydrogens is 221 g/mol. The number of hydrogen-bond acceptors (Lipinski definition) is 4. The van der Waals surface area contributed by atoms with Gasteiger partial charge in [-0.25, -0.2) is 9.18 Å². The van der Waals surface area contributed by atoms with E-state index in [-0.39, 0.29) is 11.3 Å². The zero-order valence-corrected chi connectivity index (χ0v) is 8.27. The maximum Gasteiger partial charge on any atom is 0.342 e. The predicted molar refractivity (Wildman–Crippen MR) is 51.4 cm³/mol. The first-order valence-corrected chi connectivity index (χ1v) is 4.15. The van der Waals surface area contributed by atoms with E-state index in [0.29, 0.717) is 0 Å². The summed E-state index contributed by atoms with van der Waals surface area (Å²) in [6.07, 6.45) is 0. The van der Waals surface area contributed by atoms with E-state index in [2.05, 4.69) is 0 Å². The van der Waals surface area contributed by atoms with Gasteiger partial charge in [-0.2, -0.15) is 0 Å². The predicted octanol–water partition coefficient (Wildman–Crippen LogP) is 1.77. The first kappa shape index (κ1) is 11.9. The number of nitro benzene ring substituents is 1. The minimum absolute atomic E-state index is 0.0227. The number of benzene rings is 1. The van der Waals surface area contributed by atoms with Gasteiger partial charge >= 0.3 is 5.97 Å². The third-order valence-corrected chi connectivity index (χ3v) is 1.97. The topological polar surface area (TPSA) is 89.7 Å². The van der Waals surface area contributed by atoms with Crippen molar-refractivity contribution in [2.75, 3.05) is 7.11 Å². The van der Waals surface area contributed by atoms with Crippen LogP contribution in [0.25, 0.3) is 0 Å². The molecule has 0 heterocycles. The van der Waals surface area contributed by atoms with Gasteiger partial charge in [0, 0.05) is 17.7 Å². The Balaban J connectivity index is 3.47. The van der Waals surface area contributed by atoms with Crippen molar-refractivity contribution in [3.05, 3.63) is 33.4 Å². The molecule has 0 aromatic heterocycles. The molecule has 0 aliphatic heterocycles. The van der Waals surface area contributed by atoms with Gasteiger partial charge in [-0.05, 0) is 0 Å². The molecule has 0 unspecified atom stereocenters. The summed E-state index contributed by atoms with van der Waals surface area (Å²) in [6.45, 7) is -0.968. The highest BCUT2D eigenvalue weighted by Gasteiger charge is 2.23. The van der Waals surface area contributed by atoms with Gasteiger partial charge in [-0.15, -0.1) is 0 Å². The lowest BCUT2D eigenvalue weighted by Crippen LogP contribution is -2.05. The van der Waals surface area contributed by atoms with E-state index in [4.69, 9.17) is 9.84 Å². The van der Waals surface area contributed by atoms with Crippen LogP contribution in [0.2, 0.25) is 0 Å². The zero-order valence-electron chi connectivity index (χ0n) is 8.27. The summed E-state index contributed by atoms with van der Waals surface area (Å²) in [4.78, 5) is 20.4. The number of halogens is 1.